The minimum Gasteiger partial charge on any atom is -0.497 e. The number of hydrogen-bond acceptors (Lipinski definition) is 3. The van der Waals surface area contributed by atoms with E-state index in [-0.39, 0.29) is 5.60 Å². The predicted octanol–water partition coefficient (Wildman–Crippen LogP) is 3.67. The van der Waals surface area contributed by atoms with E-state index in [1.165, 1.54) is 21.2 Å². The topological polar surface area (TPSA) is 40.5 Å². The van der Waals surface area contributed by atoms with Crippen molar-refractivity contribution < 1.29 is 14.3 Å². The lowest BCUT2D eigenvalue weighted by atomic mass is 10.2. The van der Waals surface area contributed by atoms with Crippen LogP contribution in [0.25, 0.3) is 16.6 Å². The fourth-order valence-corrected chi connectivity index (χ4v) is 2.39. The van der Waals surface area contributed by atoms with Crippen LogP contribution in [0.4, 0.5) is 0 Å². The largest absolute Gasteiger partial charge is 0.497 e. The smallest absolute Gasteiger partial charge is 0.293 e. The summed E-state index contributed by atoms with van der Waals surface area (Å²) < 4.78 is 13.1. The van der Waals surface area contributed by atoms with E-state index < -0.39 is 0 Å². The third-order valence-electron chi connectivity index (χ3n) is 2.67. The first kappa shape index (κ1) is 13.9. The maximum Gasteiger partial charge on any atom is 0.293 e. The highest BCUT2D eigenvalue weighted by Crippen LogP contribution is 2.49. The molecule has 2 aliphatic rings. The number of fused-ring (bicyclic) bond motifs is 4. The summed E-state index contributed by atoms with van der Waals surface area (Å²) in [4.78, 5) is 9.60. The molecule has 0 atom stereocenters. The molecule has 5 heteroatoms. The van der Waals surface area contributed by atoms with E-state index in [0.29, 0.717) is 6.47 Å². The van der Waals surface area contributed by atoms with Crippen LogP contribution in [0.2, 0.25) is 0 Å². The fourth-order valence-electron chi connectivity index (χ4n) is 1.72. The molecule has 0 saturated heterocycles. The summed E-state index contributed by atoms with van der Waals surface area (Å²) in [5, 5.41) is 1.29. The number of benzene rings is 1. The molecular weight excluding hydrogens is 310 g/mol. The maximum absolute atomic E-state index is 9.60. The van der Waals surface area contributed by atoms with E-state index in [0.717, 1.165) is 5.75 Å². The first-order valence-corrected chi connectivity index (χ1v) is 6.68. The van der Waals surface area contributed by atoms with E-state index in [1.54, 1.807) is 7.11 Å². The summed E-state index contributed by atoms with van der Waals surface area (Å²) in [6, 6.07) is 6.12. The Bertz CT molecular complexity index is 626. The standard InChI is InChI=1S/C9H6BrNO.C5H10O2/c1-12-5-2-3-7-6(4-5)8-9(10)11(7)8;1-5(2,3)7-4-6/h2-4H,1H3;4H,1-3H3. The summed E-state index contributed by atoms with van der Waals surface area (Å²) in [6.45, 7) is 5.92. The number of aromatic nitrogens is 1. The number of methoxy groups -OCH3 is 1. The molecule has 0 spiro atoms. The minimum absolute atomic E-state index is 0.318. The number of hydrogen-bond donors (Lipinski definition) is 0. The molecule has 0 saturated carbocycles. The number of halogens is 1. The van der Waals surface area contributed by atoms with Crippen LogP contribution in [0.3, 0.4) is 0 Å². The zero-order valence-corrected chi connectivity index (χ0v) is 12.9. The second kappa shape index (κ2) is 4.89. The lowest BCUT2D eigenvalue weighted by Crippen LogP contribution is -2.17. The zero-order chi connectivity index (χ0) is 14.2. The Hall–Kier alpha value is -1.49. The quantitative estimate of drug-likeness (QED) is 0.675. The van der Waals surface area contributed by atoms with E-state index >= 15 is 0 Å². The van der Waals surface area contributed by atoms with Gasteiger partial charge in [0.15, 0.2) is 0 Å². The molecule has 0 N–H and O–H groups in total. The molecule has 2 aliphatic heterocycles. The lowest BCUT2D eigenvalue weighted by molar-refractivity contribution is -0.138. The second-order valence-electron chi connectivity index (χ2n) is 5.18. The van der Waals surface area contributed by atoms with Crippen molar-refractivity contribution in [2.75, 3.05) is 7.11 Å². The van der Waals surface area contributed by atoms with Gasteiger partial charge in [0.05, 0.1) is 18.3 Å². The molecule has 1 aromatic carbocycles. The van der Waals surface area contributed by atoms with Crippen molar-refractivity contribution in [1.82, 2.24) is 4.57 Å². The van der Waals surface area contributed by atoms with Crippen molar-refractivity contribution in [3.05, 3.63) is 22.8 Å². The Labute approximate surface area is 120 Å². The van der Waals surface area contributed by atoms with Gasteiger partial charge in [0, 0.05) is 5.39 Å². The van der Waals surface area contributed by atoms with Crippen molar-refractivity contribution in [3.8, 4) is 11.4 Å². The van der Waals surface area contributed by atoms with Crippen LogP contribution < -0.4 is 4.74 Å². The van der Waals surface area contributed by atoms with Crippen molar-refractivity contribution in [2.24, 2.45) is 0 Å². The van der Waals surface area contributed by atoms with Crippen LogP contribution in [0.5, 0.6) is 5.75 Å². The van der Waals surface area contributed by atoms with Crippen LogP contribution in [0.1, 0.15) is 20.8 Å². The van der Waals surface area contributed by atoms with Gasteiger partial charge < -0.3 is 9.47 Å². The van der Waals surface area contributed by atoms with Gasteiger partial charge in [-0.05, 0) is 54.9 Å². The van der Waals surface area contributed by atoms with Crippen LogP contribution >= 0.6 is 15.9 Å². The molecule has 19 heavy (non-hydrogen) atoms. The van der Waals surface area contributed by atoms with Gasteiger partial charge in [-0.1, -0.05) is 0 Å². The Morgan fingerprint density at radius 2 is 2.00 bits per heavy atom. The molecular formula is C14H16BrNO3. The number of carbonyl (C=O) groups is 1. The highest BCUT2D eigenvalue weighted by atomic mass is 79.9. The molecule has 3 rings (SSSR count). The van der Waals surface area contributed by atoms with E-state index in [9.17, 15) is 4.79 Å². The van der Waals surface area contributed by atoms with Gasteiger partial charge in [-0.25, -0.2) is 0 Å². The first-order chi connectivity index (χ1) is 8.89. The van der Waals surface area contributed by atoms with Crippen LogP contribution in [0, 0.1) is 0 Å². The predicted molar refractivity (Wildman–Crippen MR) is 78.0 cm³/mol. The Morgan fingerprint density at radius 1 is 1.32 bits per heavy atom. The fraction of sp³-hybridized carbons (Fsp3) is 0.357. The van der Waals surface area contributed by atoms with Crippen molar-refractivity contribution >= 4 is 33.3 Å². The normalized spacial score (nSPS) is 11.6. The molecule has 0 amide bonds. The SMILES string of the molecule is CC(C)(C)OC=O.COc1ccc2c(c1)c1c(Br)n2-1. The van der Waals surface area contributed by atoms with Gasteiger partial charge in [0.2, 0.25) is 0 Å². The number of carbonyl (C=O) groups excluding carboxylic acids is 1. The number of nitrogens with zero attached hydrogens (tertiary/aromatic N) is 1. The number of ether oxygens (including phenoxy) is 2. The summed E-state index contributed by atoms with van der Waals surface area (Å²) >= 11 is 3.47. The first-order valence-electron chi connectivity index (χ1n) is 5.89. The van der Waals surface area contributed by atoms with Crippen LogP contribution in [-0.2, 0) is 9.53 Å². The second-order valence-corrected chi connectivity index (χ2v) is 5.94. The molecule has 0 unspecified atom stereocenters. The lowest BCUT2D eigenvalue weighted by Gasteiger charge is -2.14. The molecule has 0 bridgehead atoms. The average molecular weight is 326 g/mol. The third kappa shape index (κ3) is 2.76. The molecule has 0 fully saturated rings. The Morgan fingerprint density at radius 3 is 2.47 bits per heavy atom. The van der Waals surface area contributed by atoms with E-state index in [4.69, 9.17) is 4.74 Å². The number of rotatable bonds is 2. The average Bonchev–Trinajstić information content (AvgIpc) is 2.89. The van der Waals surface area contributed by atoms with E-state index in [2.05, 4.69) is 37.4 Å². The summed E-state index contributed by atoms with van der Waals surface area (Å²) in [6.07, 6.45) is 0. The minimum atomic E-state index is -0.318. The van der Waals surface area contributed by atoms with Crippen molar-refractivity contribution in [1.29, 1.82) is 0 Å². The highest BCUT2D eigenvalue weighted by molar-refractivity contribution is 9.10. The molecule has 4 nitrogen and oxygen atoms in total. The van der Waals surface area contributed by atoms with Gasteiger partial charge in [-0.3, -0.25) is 9.36 Å². The van der Waals surface area contributed by atoms with Crippen molar-refractivity contribution in [2.45, 2.75) is 26.4 Å². The van der Waals surface area contributed by atoms with E-state index in [1.807, 2.05) is 26.8 Å². The van der Waals surface area contributed by atoms with Gasteiger partial charge in [0.1, 0.15) is 16.0 Å². The summed E-state index contributed by atoms with van der Waals surface area (Å²) in [5.74, 6) is 0.924. The maximum atomic E-state index is 9.60. The van der Waals surface area contributed by atoms with Crippen LogP contribution in [-0.4, -0.2) is 23.8 Å². The highest BCUT2D eigenvalue weighted by Gasteiger charge is 2.30. The van der Waals surface area contributed by atoms with Crippen LogP contribution in [0.15, 0.2) is 22.8 Å². The summed E-state index contributed by atoms with van der Waals surface area (Å²) in [7, 11) is 1.69. The molecule has 1 aromatic rings. The monoisotopic (exact) mass is 325 g/mol. The molecule has 0 aliphatic carbocycles. The zero-order valence-electron chi connectivity index (χ0n) is 11.4. The summed E-state index contributed by atoms with van der Waals surface area (Å²) in [5.41, 5.74) is 2.27. The van der Waals surface area contributed by atoms with Gasteiger partial charge >= 0.3 is 0 Å². The molecule has 2 heterocycles. The Kier molecular flexibility index (Phi) is 3.58. The third-order valence-corrected chi connectivity index (χ3v) is 3.40. The Balaban J connectivity index is 0.000000167. The molecule has 102 valence electrons. The van der Waals surface area contributed by atoms with Gasteiger partial charge in [-0.15, -0.1) is 0 Å². The molecule has 0 radical (unpaired) electrons. The van der Waals surface area contributed by atoms with Gasteiger partial charge in [-0.2, -0.15) is 0 Å². The van der Waals surface area contributed by atoms with Gasteiger partial charge in [0.25, 0.3) is 6.47 Å². The van der Waals surface area contributed by atoms with Crippen molar-refractivity contribution in [3.63, 3.8) is 0 Å². The molecule has 0 aromatic heterocycles.